The first-order valence-corrected chi connectivity index (χ1v) is 8.54. The summed E-state index contributed by atoms with van der Waals surface area (Å²) >= 11 is 0. The van der Waals surface area contributed by atoms with Crippen LogP contribution in [0.2, 0.25) is 0 Å². The molecule has 1 rings (SSSR count). The van der Waals surface area contributed by atoms with Crippen molar-refractivity contribution in [3.05, 3.63) is 34.6 Å². The van der Waals surface area contributed by atoms with Gasteiger partial charge in [0.25, 0.3) is 0 Å². The van der Waals surface area contributed by atoms with Crippen molar-refractivity contribution in [2.45, 2.75) is 33.2 Å². The fraction of sp³-hybridized carbons (Fsp3) is 0.571. The summed E-state index contributed by atoms with van der Waals surface area (Å²) in [7, 11) is -3.11. The number of benzene rings is 1. The maximum Gasteiger partial charge on any atom is 0.208 e. The third kappa shape index (κ3) is 5.56. The van der Waals surface area contributed by atoms with Crippen LogP contribution in [0, 0.1) is 19.7 Å². The monoisotopic (exact) mass is 302 g/mol. The summed E-state index contributed by atoms with van der Waals surface area (Å²) in [5, 5.41) is 3.30. The molecule has 0 radical (unpaired) electrons. The average Bonchev–Trinajstić information content (AvgIpc) is 2.33. The molecule has 20 heavy (non-hydrogen) atoms. The first-order chi connectivity index (χ1) is 9.20. The van der Waals surface area contributed by atoms with Crippen molar-refractivity contribution in [3.8, 4) is 0 Å². The van der Waals surface area contributed by atoms with Crippen LogP contribution in [0.25, 0.3) is 0 Å². The molecule has 1 aromatic rings. The molecule has 0 saturated heterocycles. The molecular formula is C14H23FN2O2S. The number of nitrogens with one attached hydrogen (secondary N) is 2. The number of hydrogen-bond donors (Lipinski definition) is 2. The van der Waals surface area contributed by atoms with Gasteiger partial charge in [0.15, 0.2) is 0 Å². The summed E-state index contributed by atoms with van der Waals surface area (Å²) in [5.74, 6) is -0.154. The van der Waals surface area contributed by atoms with Crippen molar-refractivity contribution in [2.24, 2.45) is 0 Å². The average molecular weight is 302 g/mol. The number of rotatable bonds is 7. The Bertz CT molecular complexity index is 535. The van der Waals surface area contributed by atoms with E-state index in [0.29, 0.717) is 30.6 Å². The van der Waals surface area contributed by atoms with Gasteiger partial charge in [0.05, 0.1) is 6.26 Å². The Morgan fingerprint density at radius 1 is 1.20 bits per heavy atom. The molecule has 1 aromatic carbocycles. The molecule has 1 unspecified atom stereocenters. The van der Waals surface area contributed by atoms with E-state index in [2.05, 4.69) is 10.0 Å². The van der Waals surface area contributed by atoms with Gasteiger partial charge in [0, 0.05) is 12.6 Å². The fourth-order valence-corrected chi connectivity index (χ4v) is 2.53. The highest BCUT2D eigenvalue weighted by Gasteiger charge is 2.09. The Morgan fingerprint density at radius 2 is 1.75 bits per heavy atom. The molecule has 0 bridgehead atoms. The minimum atomic E-state index is -3.11. The Kier molecular flexibility index (Phi) is 6.10. The quantitative estimate of drug-likeness (QED) is 0.758. The van der Waals surface area contributed by atoms with Gasteiger partial charge in [-0.25, -0.2) is 17.5 Å². The van der Waals surface area contributed by atoms with E-state index < -0.39 is 10.0 Å². The number of hydrogen-bond acceptors (Lipinski definition) is 3. The lowest BCUT2D eigenvalue weighted by molar-refractivity contribution is 0.545. The summed E-state index contributed by atoms with van der Waals surface area (Å²) in [4.78, 5) is 0. The number of aryl methyl sites for hydroxylation is 2. The van der Waals surface area contributed by atoms with Gasteiger partial charge < -0.3 is 5.32 Å². The van der Waals surface area contributed by atoms with Crippen LogP contribution in [-0.2, 0) is 10.0 Å². The normalized spacial score (nSPS) is 13.4. The van der Waals surface area contributed by atoms with Crippen molar-refractivity contribution in [3.63, 3.8) is 0 Å². The van der Waals surface area contributed by atoms with E-state index in [9.17, 15) is 12.8 Å². The van der Waals surface area contributed by atoms with Crippen LogP contribution in [-0.4, -0.2) is 27.8 Å². The minimum Gasteiger partial charge on any atom is -0.310 e. The van der Waals surface area contributed by atoms with Crippen LogP contribution in [0.5, 0.6) is 0 Å². The zero-order chi connectivity index (χ0) is 15.3. The van der Waals surface area contributed by atoms with Crippen molar-refractivity contribution in [1.82, 2.24) is 10.0 Å². The summed E-state index contributed by atoms with van der Waals surface area (Å²) in [6, 6.07) is 3.79. The first kappa shape index (κ1) is 17.1. The molecule has 0 heterocycles. The Hall–Kier alpha value is -0.980. The van der Waals surface area contributed by atoms with Crippen molar-refractivity contribution in [2.75, 3.05) is 19.3 Å². The van der Waals surface area contributed by atoms with E-state index in [4.69, 9.17) is 0 Å². The van der Waals surface area contributed by atoms with Gasteiger partial charge >= 0.3 is 0 Å². The van der Waals surface area contributed by atoms with Crippen LogP contribution < -0.4 is 10.0 Å². The molecule has 0 aliphatic heterocycles. The maximum absolute atomic E-state index is 13.6. The van der Waals surface area contributed by atoms with Gasteiger partial charge in [0.2, 0.25) is 10.0 Å². The van der Waals surface area contributed by atoms with Crippen LogP contribution in [0.3, 0.4) is 0 Å². The van der Waals surface area contributed by atoms with Crippen molar-refractivity contribution in [1.29, 1.82) is 0 Å². The standard InChI is InChI=1S/C14H23FN2O2S/c1-10-8-13(9-11(2)14(10)15)12(3)16-6-5-7-17-20(4,18)19/h8-9,12,16-17H,5-7H2,1-4H3. The molecule has 2 N–H and O–H groups in total. The molecular weight excluding hydrogens is 279 g/mol. The molecule has 1 atom stereocenters. The topological polar surface area (TPSA) is 58.2 Å². The smallest absolute Gasteiger partial charge is 0.208 e. The molecule has 0 aliphatic carbocycles. The lowest BCUT2D eigenvalue weighted by Crippen LogP contribution is -2.27. The minimum absolute atomic E-state index is 0.103. The fourth-order valence-electron chi connectivity index (χ4n) is 2.01. The summed E-state index contributed by atoms with van der Waals surface area (Å²) < 4.78 is 37.8. The molecule has 114 valence electrons. The van der Waals surface area contributed by atoms with Crippen LogP contribution in [0.1, 0.15) is 36.1 Å². The molecule has 0 saturated carbocycles. The van der Waals surface area contributed by atoms with Gasteiger partial charge in [-0.15, -0.1) is 0 Å². The molecule has 6 heteroatoms. The highest BCUT2D eigenvalue weighted by molar-refractivity contribution is 7.88. The molecule has 0 fully saturated rings. The molecule has 0 spiro atoms. The Morgan fingerprint density at radius 3 is 2.25 bits per heavy atom. The molecule has 4 nitrogen and oxygen atoms in total. The van der Waals surface area contributed by atoms with Gasteiger partial charge in [-0.1, -0.05) is 12.1 Å². The van der Waals surface area contributed by atoms with Gasteiger partial charge in [0.1, 0.15) is 5.82 Å². The summed E-state index contributed by atoms with van der Waals surface area (Å²) in [6.07, 6.45) is 1.85. The van der Waals surface area contributed by atoms with Crippen molar-refractivity contribution < 1.29 is 12.8 Å². The van der Waals surface area contributed by atoms with E-state index in [1.807, 2.05) is 19.1 Å². The van der Waals surface area contributed by atoms with E-state index in [0.717, 1.165) is 11.8 Å². The molecule has 0 amide bonds. The van der Waals surface area contributed by atoms with Gasteiger partial charge in [-0.3, -0.25) is 0 Å². The summed E-state index contributed by atoms with van der Waals surface area (Å²) in [5.41, 5.74) is 2.33. The van der Waals surface area contributed by atoms with Gasteiger partial charge in [-0.05, 0) is 50.4 Å². The first-order valence-electron chi connectivity index (χ1n) is 6.65. The van der Waals surface area contributed by atoms with Gasteiger partial charge in [-0.2, -0.15) is 0 Å². The molecule has 0 aromatic heterocycles. The predicted octanol–water partition coefficient (Wildman–Crippen LogP) is 2.03. The largest absolute Gasteiger partial charge is 0.310 e. The van der Waals surface area contributed by atoms with E-state index in [1.165, 1.54) is 0 Å². The van der Waals surface area contributed by atoms with E-state index in [1.54, 1.807) is 13.8 Å². The molecule has 0 aliphatic rings. The zero-order valence-corrected chi connectivity index (χ0v) is 13.3. The van der Waals surface area contributed by atoms with Crippen LogP contribution in [0.4, 0.5) is 4.39 Å². The third-order valence-electron chi connectivity index (χ3n) is 3.13. The van der Waals surface area contributed by atoms with E-state index in [-0.39, 0.29) is 11.9 Å². The second-order valence-corrected chi connectivity index (χ2v) is 7.00. The maximum atomic E-state index is 13.6. The Balaban J connectivity index is 2.45. The zero-order valence-electron chi connectivity index (χ0n) is 12.5. The Labute approximate surface area is 120 Å². The number of sulfonamides is 1. The number of halogens is 1. The summed E-state index contributed by atoms with van der Waals surface area (Å²) in [6.45, 7) is 6.64. The van der Waals surface area contributed by atoms with Crippen molar-refractivity contribution >= 4 is 10.0 Å². The van der Waals surface area contributed by atoms with E-state index >= 15 is 0 Å². The van der Waals surface area contributed by atoms with Crippen LogP contribution >= 0.6 is 0 Å². The lowest BCUT2D eigenvalue weighted by atomic mass is 10.0. The van der Waals surface area contributed by atoms with Crippen LogP contribution in [0.15, 0.2) is 12.1 Å². The SMILES string of the molecule is Cc1cc(C(C)NCCCNS(C)(=O)=O)cc(C)c1F. The predicted molar refractivity (Wildman–Crippen MR) is 79.8 cm³/mol. The highest BCUT2D eigenvalue weighted by Crippen LogP contribution is 2.19. The second-order valence-electron chi connectivity index (χ2n) is 5.16. The third-order valence-corrected chi connectivity index (χ3v) is 3.86. The highest BCUT2D eigenvalue weighted by atomic mass is 32.2. The second kappa shape index (κ2) is 7.15. The lowest BCUT2D eigenvalue weighted by Gasteiger charge is -2.16.